The number of hydrogen-bond donors (Lipinski definition) is 1. The first kappa shape index (κ1) is 13.2. The Bertz CT molecular complexity index is 464. The van der Waals surface area contributed by atoms with Crippen molar-refractivity contribution in [2.24, 2.45) is 5.73 Å². The zero-order valence-corrected chi connectivity index (χ0v) is 11.6. The van der Waals surface area contributed by atoms with Crippen molar-refractivity contribution in [3.8, 4) is 10.7 Å². The van der Waals surface area contributed by atoms with Gasteiger partial charge in [0.05, 0.1) is 4.88 Å². The van der Waals surface area contributed by atoms with Gasteiger partial charge in [-0.3, -0.25) is 0 Å². The molecule has 98 valence electrons. The summed E-state index contributed by atoms with van der Waals surface area (Å²) < 4.78 is 5.32. The Morgan fingerprint density at radius 2 is 2.22 bits per heavy atom. The van der Waals surface area contributed by atoms with Crippen molar-refractivity contribution in [1.82, 2.24) is 10.1 Å². The molecule has 0 aliphatic heterocycles. The fourth-order valence-electron chi connectivity index (χ4n) is 1.81. The van der Waals surface area contributed by atoms with Crippen LogP contribution in [0.1, 0.15) is 44.9 Å². The molecule has 2 heterocycles. The van der Waals surface area contributed by atoms with E-state index in [2.05, 4.69) is 17.1 Å². The maximum absolute atomic E-state index is 5.74. The Morgan fingerprint density at radius 3 is 2.89 bits per heavy atom. The molecule has 0 spiro atoms. The van der Waals surface area contributed by atoms with E-state index in [1.807, 2.05) is 24.4 Å². The van der Waals surface area contributed by atoms with Crippen molar-refractivity contribution in [1.29, 1.82) is 0 Å². The monoisotopic (exact) mass is 265 g/mol. The molecular weight excluding hydrogens is 246 g/mol. The number of aromatic nitrogens is 2. The van der Waals surface area contributed by atoms with Crippen molar-refractivity contribution in [3.63, 3.8) is 0 Å². The van der Waals surface area contributed by atoms with Crippen LogP contribution in [0, 0.1) is 0 Å². The van der Waals surface area contributed by atoms with Crippen molar-refractivity contribution >= 4 is 11.3 Å². The van der Waals surface area contributed by atoms with Crippen molar-refractivity contribution in [2.45, 2.75) is 45.1 Å². The number of nitrogens with two attached hydrogens (primary N) is 1. The van der Waals surface area contributed by atoms with Gasteiger partial charge in [0.25, 0.3) is 0 Å². The smallest absolute Gasteiger partial charge is 0.229 e. The molecule has 0 saturated carbocycles. The summed E-state index contributed by atoms with van der Waals surface area (Å²) >= 11 is 1.62. The number of hydrogen-bond acceptors (Lipinski definition) is 5. The van der Waals surface area contributed by atoms with E-state index in [0.717, 1.165) is 30.0 Å². The average molecular weight is 265 g/mol. The second-order valence-corrected chi connectivity index (χ2v) is 5.69. The molecule has 18 heavy (non-hydrogen) atoms. The molecule has 0 aliphatic carbocycles. The second kappa shape index (κ2) is 6.11. The van der Waals surface area contributed by atoms with Gasteiger partial charge < -0.3 is 10.3 Å². The molecule has 0 saturated heterocycles. The molecule has 5 heteroatoms. The van der Waals surface area contributed by atoms with Crippen LogP contribution in [-0.2, 0) is 0 Å². The van der Waals surface area contributed by atoms with Gasteiger partial charge in [0, 0.05) is 12.0 Å². The summed E-state index contributed by atoms with van der Waals surface area (Å²) in [5, 5.41) is 6.03. The molecule has 4 nitrogen and oxygen atoms in total. The molecule has 0 aromatic carbocycles. The van der Waals surface area contributed by atoms with Gasteiger partial charge >= 0.3 is 0 Å². The number of rotatable bonds is 6. The Hall–Kier alpha value is -1.20. The molecule has 0 bridgehead atoms. The molecule has 0 aliphatic rings. The first-order valence-electron chi connectivity index (χ1n) is 6.30. The number of nitrogens with zero attached hydrogens (tertiary/aromatic N) is 2. The van der Waals surface area contributed by atoms with Crippen LogP contribution in [-0.4, -0.2) is 16.2 Å². The SMILES string of the molecule is CC(N)CCCC(C)c1nc(-c2cccs2)no1. The molecule has 0 fully saturated rings. The lowest BCUT2D eigenvalue weighted by atomic mass is 10.0. The summed E-state index contributed by atoms with van der Waals surface area (Å²) in [6.07, 6.45) is 3.17. The Morgan fingerprint density at radius 1 is 1.39 bits per heavy atom. The van der Waals surface area contributed by atoms with E-state index in [0.29, 0.717) is 11.7 Å². The zero-order chi connectivity index (χ0) is 13.0. The fourth-order valence-corrected chi connectivity index (χ4v) is 2.46. The normalized spacial score (nSPS) is 14.6. The summed E-state index contributed by atoms with van der Waals surface area (Å²) in [4.78, 5) is 5.50. The van der Waals surface area contributed by atoms with Crippen LogP contribution >= 0.6 is 11.3 Å². The first-order chi connectivity index (χ1) is 8.66. The van der Waals surface area contributed by atoms with E-state index in [4.69, 9.17) is 10.3 Å². The van der Waals surface area contributed by atoms with E-state index in [-0.39, 0.29) is 6.04 Å². The van der Waals surface area contributed by atoms with Crippen molar-refractivity contribution in [2.75, 3.05) is 0 Å². The standard InChI is InChI=1S/C13H19N3OS/c1-9(5-3-6-10(2)14)13-15-12(16-17-13)11-7-4-8-18-11/h4,7-10H,3,5-6,14H2,1-2H3. The van der Waals surface area contributed by atoms with Crippen LogP contribution in [0.25, 0.3) is 10.7 Å². The molecule has 2 N–H and O–H groups in total. The molecular formula is C13H19N3OS. The summed E-state index contributed by atoms with van der Waals surface area (Å²) in [5.41, 5.74) is 5.74. The minimum Gasteiger partial charge on any atom is -0.339 e. The van der Waals surface area contributed by atoms with Gasteiger partial charge in [-0.2, -0.15) is 4.98 Å². The minimum atomic E-state index is 0.265. The second-order valence-electron chi connectivity index (χ2n) is 4.74. The maximum Gasteiger partial charge on any atom is 0.229 e. The van der Waals surface area contributed by atoms with Gasteiger partial charge in [0.15, 0.2) is 0 Å². The minimum absolute atomic E-state index is 0.265. The molecule has 2 rings (SSSR count). The van der Waals surface area contributed by atoms with E-state index in [1.54, 1.807) is 11.3 Å². The Labute approximate surface area is 111 Å². The number of thiophene rings is 1. The Kier molecular flexibility index (Phi) is 4.49. The highest BCUT2D eigenvalue weighted by molar-refractivity contribution is 7.13. The fraction of sp³-hybridized carbons (Fsp3) is 0.538. The van der Waals surface area contributed by atoms with Crippen LogP contribution in [0.5, 0.6) is 0 Å². The molecule has 2 atom stereocenters. The highest BCUT2D eigenvalue weighted by Gasteiger charge is 2.15. The van der Waals surface area contributed by atoms with Crippen LogP contribution in [0.15, 0.2) is 22.0 Å². The summed E-state index contributed by atoms with van der Waals surface area (Å²) in [5.74, 6) is 1.71. The van der Waals surface area contributed by atoms with Gasteiger partial charge in [-0.25, -0.2) is 0 Å². The molecule has 2 aromatic rings. The van der Waals surface area contributed by atoms with E-state index in [1.165, 1.54) is 0 Å². The Balaban J connectivity index is 1.93. The summed E-state index contributed by atoms with van der Waals surface area (Å²) in [7, 11) is 0. The predicted molar refractivity (Wildman–Crippen MR) is 73.5 cm³/mol. The zero-order valence-electron chi connectivity index (χ0n) is 10.8. The van der Waals surface area contributed by atoms with E-state index in [9.17, 15) is 0 Å². The van der Waals surface area contributed by atoms with E-state index < -0.39 is 0 Å². The lowest BCUT2D eigenvalue weighted by Gasteiger charge is -2.07. The van der Waals surface area contributed by atoms with Gasteiger partial charge in [0.1, 0.15) is 0 Å². The van der Waals surface area contributed by atoms with Gasteiger partial charge in [-0.15, -0.1) is 11.3 Å². The van der Waals surface area contributed by atoms with Crippen LogP contribution in [0.4, 0.5) is 0 Å². The topological polar surface area (TPSA) is 64.9 Å². The average Bonchev–Trinajstić information content (AvgIpc) is 2.99. The molecule has 0 amide bonds. The van der Waals surface area contributed by atoms with Crippen LogP contribution in [0.3, 0.4) is 0 Å². The third-order valence-corrected chi connectivity index (χ3v) is 3.77. The van der Waals surface area contributed by atoms with Crippen molar-refractivity contribution in [3.05, 3.63) is 23.4 Å². The highest BCUT2D eigenvalue weighted by Crippen LogP contribution is 2.25. The summed E-state index contributed by atoms with van der Waals surface area (Å²) in [6, 6.07) is 4.25. The van der Waals surface area contributed by atoms with Gasteiger partial charge in [-0.05, 0) is 31.2 Å². The summed E-state index contributed by atoms with van der Waals surface area (Å²) in [6.45, 7) is 4.15. The molecule has 0 radical (unpaired) electrons. The largest absolute Gasteiger partial charge is 0.339 e. The third kappa shape index (κ3) is 3.40. The molecule has 2 aromatic heterocycles. The highest BCUT2D eigenvalue weighted by atomic mass is 32.1. The van der Waals surface area contributed by atoms with Gasteiger partial charge in [0.2, 0.25) is 11.7 Å². The van der Waals surface area contributed by atoms with Gasteiger partial charge in [-0.1, -0.05) is 24.6 Å². The van der Waals surface area contributed by atoms with Crippen molar-refractivity contribution < 1.29 is 4.52 Å². The van der Waals surface area contributed by atoms with Crippen LogP contribution < -0.4 is 5.73 Å². The quantitative estimate of drug-likeness (QED) is 0.869. The maximum atomic E-state index is 5.74. The predicted octanol–water partition coefficient (Wildman–Crippen LogP) is 3.42. The third-order valence-electron chi connectivity index (χ3n) is 2.90. The van der Waals surface area contributed by atoms with Crippen LogP contribution in [0.2, 0.25) is 0 Å². The lowest BCUT2D eigenvalue weighted by molar-refractivity contribution is 0.350. The first-order valence-corrected chi connectivity index (χ1v) is 7.18. The molecule has 2 unspecified atom stereocenters. The lowest BCUT2D eigenvalue weighted by Crippen LogP contribution is -2.14. The van der Waals surface area contributed by atoms with E-state index >= 15 is 0 Å².